The van der Waals surface area contributed by atoms with E-state index in [0.29, 0.717) is 12.5 Å². The fourth-order valence-corrected chi connectivity index (χ4v) is 8.85. The summed E-state index contributed by atoms with van der Waals surface area (Å²) in [6.07, 6.45) is 14.9. The zero-order valence-corrected chi connectivity index (χ0v) is 29.0. The zero-order valence-electron chi connectivity index (χ0n) is 27.4. The number of benzene rings is 1. The molecule has 8 nitrogen and oxygen atoms in total. The van der Waals surface area contributed by atoms with Crippen molar-refractivity contribution in [3.8, 4) is 5.75 Å². The lowest BCUT2D eigenvalue weighted by atomic mass is 9.72. The van der Waals surface area contributed by atoms with Gasteiger partial charge in [0.05, 0.1) is 30.9 Å². The van der Waals surface area contributed by atoms with Gasteiger partial charge in [-0.05, 0) is 105 Å². The van der Waals surface area contributed by atoms with Crippen molar-refractivity contribution in [2.45, 2.75) is 95.5 Å². The topological polar surface area (TPSA) is 82.2 Å². The van der Waals surface area contributed by atoms with Crippen molar-refractivity contribution in [2.75, 3.05) is 51.1 Å². The number of carbonyl (C=O) groups is 1. The number of piperidine rings is 3. The number of aromatic nitrogens is 1. The highest BCUT2D eigenvalue weighted by Crippen LogP contribution is 2.44. The third-order valence-electron chi connectivity index (χ3n) is 9.94. The molecule has 0 spiro atoms. The first-order valence-corrected chi connectivity index (χ1v) is 19.4. The predicted molar refractivity (Wildman–Crippen MR) is 185 cm³/mol. The maximum absolute atomic E-state index is 13.2. The molecule has 1 aromatic carbocycles. The van der Waals surface area contributed by atoms with Gasteiger partial charge in [-0.25, -0.2) is 4.79 Å². The molecule has 1 amide bonds. The van der Waals surface area contributed by atoms with E-state index in [1.54, 1.807) is 7.11 Å². The maximum atomic E-state index is 13.2. The number of nitrogens with zero attached hydrogens (tertiary/aromatic N) is 2. The Morgan fingerprint density at radius 2 is 1.96 bits per heavy atom. The minimum Gasteiger partial charge on any atom is -0.497 e. The number of rotatable bonds is 16. The second-order valence-electron chi connectivity index (χ2n) is 12.7. The molecule has 4 aliphatic rings. The first kappa shape index (κ1) is 34.6. The van der Waals surface area contributed by atoms with Gasteiger partial charge >= 0.3 is 6.09 Å². The van der Waals surface area contributed by atoms with Gasteiger partial charge in [0.2, 0.25) is 0 Å². The molecule has 1 aromatic heterocycles. The predicted octanol–water partition coefficient (Wildman–Crippen LogP) is 7.66. The molecule has 250 valence electrons. The maximum Gasteiger partial charge on any atom is 0.407 e. The third-order valence-corrected chi connectivity index (χ3v) is 11.5. The number of thioether (sulfide) groups is 1. The molecular weight excluding hydrogens is 607 g/mol. The molecule has 10 heteroatoms. The summed E-state index contributed by atoms with van der Waals surface area (Å²) < 4.78 is 24.0. The van der Waals surface area contributed by atoms with E-state index < -0.39 is 0 Å². The van der Waals surface area contributed by atoms with E-state index in [1.807, 2.05) is 48.5 Å². The molecule has 0 radical (unpaired) electrons. The van der Waals surface area contributed by atoms with E-state index in [9.17, 15) is 4.79 Å². The van der Waals surface area contributed by atoms with Crippen LogP contribution in [-0.4, -0.2) is 85.3 Å². The molecule has 2 bridgehead atoms. The normalized spacial score (nSPS) is 27.2. The summed E-state index contributed by atoms with van der Waals surface area (Å²) >= 11 is 3.38. The molecule has 4 heterocycles. The van der Waals surface area contributed by atoms with Crippen LogP contribution in [0.3, 0.4) is 0 Å². The van der Waals surface area contributed by atoms with Gasteiger partial charge in [-0.1, -0.05) is 32.6 Å². The lowest BCUT2D eigenvalue weighted by molar-refractivity contribution is -0.0604. The molecular formula is C35H53N3O5S2. The molecule has 1 N–H and O–H groups in total. The second kappa shape index (κ2) is 18.0. The standard InChI is InChI=1S/C35H53N3O5S2/c1-4-25-24-38-18-15-26(25)22-31(38)34(28-14-17-36-30-13-12-27(40-2)23-29(28)30)42-35(39)37-16-8-20-45-21-9-19-41-32-10-6-5-7-11-33(32)43-44-3/h12-14,17,23,25-26,31-34H,4-11,15-16,18-22,24H2,1-3H3,(H,37,39). The van der Waals surface area contributed by atoms with Gasteiger partial charge in [-0.2, -0.15) is 11.8 Å². The van der Waals surface area contributed by atoms with Crippen molar-refractivity contribution >= 4 is 40.8 Å². The van der Waals surface area contributed by atoms with Crippen LogP contribution in [0.15, 0.2) is 30.5 Å². The molecule has 3 aliphatic heterocycles. The van der Waals surface area contributed by atoms with Gasteiger partial charge in [0.1, 0.15) is 11.9 Å². The quantitative estimate of drug-likeness (QED) is 0.111. The first-order chi connectivity index (χ1) is 22.1. The largest absolute Gasteiger partial charge is 0.497 e. The second-order valence-corrected chi connectivity index (χ2v) is 14.5. The Labute approximate surface area is 278 Å². The Kier molecular flexibility index (Phi) is 13.8. The van der Waals surface area contributed by atoms with Crippen LogP contribution in [0.5, 0.6) is 5.75 Å². The lowest BCUT2D eigenvalue weighted by Gasteiger charge is -2.51. The number of methoxy groups -OCH3 is 1. The smallest absolute Gasteiger partial charge is 0.407 e. The van der Waals surface area contributed by atoms with Crippen LogP contribution in [0.1, 0.15) is 82.8 Å². The number of carbonyl (C=O) groups excluding carboxylic acids is 1. The number of amides is 1. The zero-order chi connectivity index (χ0) is 31.4. The van der Waals surface area contributed by atoms with Crippen LogP contribution < -0.4 is 10.1 Å². The van der Waals surface area contributed by atoms with Crippen molar-refractivity contribution in [1.29, 1.82) is 0 Å². The summed E-state index contributed by atoms with van der Waals surface area (Å²) in [6.45, 7) is 5.83. The minimum absolute atomic E-state index is 0.160. The number of ether oxygens (including phenoxy) is 3. The van der Waals surface area contributed by atoms with Crippen molar-refractivity contribution in [3.05, 3.63) is 36.0 Å². The van der Waals surface area contributed by atoms with E-state index in [-0.39, 0.29) is 30.4 Å². The fraction of sp³-hybridized carbons (Fsp3) is 0.714. The van der Waals surface area contributed by atoms with Crippen molar-refractivity contribution in [1.82, 2.24) is 15.2 Å². The van der Waals surface area contributed by atoms with Gasteiger partial charge in [-0.15, -0.1) is 0 Å². The number of hydrogen-bond acceptors (Lipinski definition) is 9. The Hall–Kier alpha value is -1.72. The number of alkyl carbamates (subject to hydrolysis) is 1. The van der Waals surface area contributed by atoms with E-state index in [1.165, 1.54) is 44.1 Å². The van der Waals surface area contributed by atoms with Crippen LogP contribution in [0.25, 0.3) is 10.9 Å². The summed E-state index contributed by atoms with van der Waals surface area (Å²) in [5.41, 5.74) is 1.89. The van der Waals surface area contributed by atoms with Gasteiger partial charge in [0, 0.05) is 43.1 Å². The Morgan fingerprint density at radius 1 is 1.11 bits per heavy atom. The Morgan fingerprint density at radius 3 is 2.73 bits per heavy atom. The van der Waals surface area contributed by atoms with Gasteiger partial charge in [-0.3, -0.25) is 9.88 Å². The van der Waals surface area contributed by atoms with E-state index >= 15 is 0 Å². The van der Waals surface area contributed by atoms with E-state index in [4.69, 9.17) is 18.4 Å². The highest BCUT2D eigenvalue weighted by Gasteiger charge is 2.44. The number of nitrogens with one attached hydrogen (secondary N) is 1. The van der Waals surface area contributed by atoms with Gasteiger partial charge in [0.15, 0.2) is 0 Å². The van der Waals surface area contributed by atoms with E-state index in [2.05, 4.69) is 22.1 Å². The molecule has 2 aromatic rings. The summed E-state index contributed by atoms with van der Waals surface area (Å²) in [5.74, 6) is 4.24. The SMILES string of the molecule is CCC1CN2CCC1CC2C(OC(=O)NCCCSCCCOC1CCCCCC1OSC)c1ccnc2ccc(OC)cc12. The van der Waals surface area contributed by atoms with Gasteiger partial charge in [0.25, 0.3) is 0 Å². The van der Waals surface area contributed by atoms with Crippen molar-refractivity contribution in [2.24, 2.45) is 11.8 Å². The molecule has 7 unspecified atom stereocenters. The van der Waals surface area contributed by atoms with Crippen LogP contribution in [0.4, 0.5) is 4.79 Å². The number of pyridine rings is 1. The minimum atomic E-state index is -0.369. The average molecular weight is 660 g/mol. The molecule has 4 fully saturated rings. The Balaban J connectivity index is 1.10. The van der Waals surface area contributed by atoms with Crippen molar-refractivity contribution < 1.29 is 23.2 Å². The molecule has 3 saturated heterocycles. The average Bonchev–Trinajstić information content (AvgIpc) is 3.31. The molecule has 6 rings (SSSR count). The highest BCUT2D eigenvalue weighted by atomic mass is 32.2. The third kappa shape index (κ3) is 9.43. The summed E-state index contributed by atoms with van der Waals surface area (Å²) in [4.78, 5) is 20.4. The molecule has 1 aliphatic carbocycles. The molecule has 7 atom stereocenters. The van der Waals surface area contributed by atoms with Crippen LogP contribution in [-0.2, 0) is 13.7 Å². The molecule has 45 heavy (non-hydrogen) atoms. The number of fused-ring (bicyclic) bond motifs is 4. The first-order valence-electron chi connectivity index (χ1n) is 17.1. The van der Waals surface area contributed by atoms with Crippen molar-refractivity contribution in [3.63, 3.8) is 0 Å². The molecule has 1 saturated carbocycles. The number of hydrogen-bond donors (Lipinski definition) is 1. The van der Waals surface area contributed by atoms with Crippen LogP contribution in [0.2, 0.25) is 0 Å². The lowest BCUT2D eigenvalue weighted by Crippen LogP contribution is -2.56. The van der Waals surface area contributed by atoms with E-state index in [0.717, 1.165) is 91.4 Å². The Bertz CT molecular complexity index is 1210. The highest BCUT2D eigenvalue weighted by molar-refractivity contribution is 7.99. The summed E-state index contributed by atoms with van der Waals surface area (Å²) in [6, 6.07) is 8.11. The summed E-state index contributed by atoms with van der Waals surface area (Å²) in [5, 5.41) is 4.03. The summed E-state index contributed by atoms with van der Waals surface area (Å²) in [7, 11) is 1.68. The van der Waals surface area contributed by atoms with Crippen LogP contribution in [0, 0.1) is 11.8 Å². The fourth-order valence-electron chi connectivity index (χ4n) is 7.51. The van der Waals surface area contributed by atoms with Crippen LogP contribution >= 0.6 is 23.8 Å². The monoisotopic (exact) mass is 659 g/mol. The van der Waals surface area contributed by atoms with Gasteiger partial charge < -0.3 is 23.7 Å².